The van der Waals surface area contributed by atoms with Crippen molar-refractivity contribution in [3.8, 4) is 0 Å². The van der Waals surface area contributed by atoms with Crippen LogP contribution in [0.3, 0.4) is 0 Å². The second-order valence-electron chi connectivity index (χ2n) is 2.09. The second kappa shape index (κ2) is 4.73. The Bertz CT molecular complexity index is 64.1. The molecule has 0 spiro atoms. The highest BCUT2D eigenvalue weighted by Gasteiger charge is 2.11. The summed E-state index contributed by atoms with van der Waals surface area (Å²) >= 11 is 0. The molecule has 0 aliphatic carbocycles. The van der Waals surface area contributed by atoms with E-state index >= 15 is 0 Å². The Labute approximate surface area is 56.6 Å². The molecule has 2 atom stereocenters. The third kappa shape index (κ3) is 2.79. The summed E-state index contributed by atoms with van der Waals surface area (Å²) in [4.78, 5) is 0. The van der Waals surface area contributed by atoms with Crippen molar-refractivity contribution in [2.75, 3.05) is 20.7 Å². The van der Waals surface area contributed by atoms with Crippen LogP contribution in [0.4, 0.5) is 0 Å². The van der Waals surface area contributed by atoms with E-state index in [4.69, 9.17) is 10.5 Å². The molecule has 3 nitrogen and oxygen atoms in total. The average molecular weight is 132 g/mol. The molecule has 9 heavy (non-hydrogen) atoms. The van der Waals surface area contributed by atoms with Crippen molar-refractivity contribution >= 4 is 0 Å². The van der Waals surface area contributed by atoms with E-state index in [1.54, 1.807) is 7.11 Å². The smallest absolute Gasteiger partial charge is 0.0843 e. The zero-order valence-corrected chi connectivity index (χ0v) is 6.35. The number of methoxy groups -OCH3 is 1. The summed E-state index contributed by atoms with van der Waals surface area (Å²) in [6, 6.07) is 0.333. The Kier molecular flexibility index (Phi) is 4.67. The molecule has 0 amide bonds. The lowest BCUT2D eigenvalue weighted by Crippen LogP contribution is -2.41. The van der Waals surface area contributed by atoms with Crippen molar-refractivity contribution in [2.45, 2.75) is 19.1 Å². The van der Waals surface area contributed by atoms with Crippen LogP contribution in [0.5, 0.6) is 0 Å². The highest BCUT2D eigenvalue weighted by atomic mass is 16.5. The van der Waals surface area contributed by atoms with Crippen LogP contribution in [0.1, 0.15) is 6.92 Å². The standard InChI is InChI=1S/C6H16N2O/c1-5(8-2)6(4-7)9-3/h5-6,8H,4,7H2,1-3H3. The molecule has 56 valence electrons. The van der Waals surface area contributed by atoms with E-state index in [0.717, 1.165) is 0 Å². The first-order chi connectivity index (χ1) is 4.26. The number of ether oxygens (including phenoxy) is 1. The zero-order chi connectivity index (χ0) is 7.28. The Morgan fingerprint density at radius 2 is 2.22 bits per heavy atom. The van der Waals surface area contributed by atoms with Crippen LogP contribution in [-0.2, 0) is 4.74 Å². The molecule has 0 rings (SSSR count). The Balaban J connectivity index is 3.50. The van der Waals surface area contributed by atoms with Gasteiger partial charge in [0.2, 0.25) is 0 Å². The predicted molar refractivity (Wildman–Crippen MR) is 38.4 cm³/mol. The van der Waals surface area contributed by atoms with Gasteiger partial charge < -0.3 is 15.8 Å². The molecule has 0 heterocycles. The van der Waals surface area contributed by atoms with Crippen LogP contribution in [0.15, 0.2) is 0 Å². The minimum absolute atomic E-state index is 0.134. The quantitative estimate of drug-likeness (QED) is 0.545. The first-order valence-electron chi connectivity index (χ1n) is 3.16. The highest BCUT2D eigenvalue weighted by molar-refractivity contribution is 4.70. The van der Waals surface area contributed by atoms with Crippen molar-refractivity contribution in [2.24, 2.45) is 5.73 Å². The van der Waals surface area contributed by atoms with Crippen LogP contribution in [0, 0.1) is 0 Å². The SMILES string of the molecule is CNC(C)C(CN)OC. The Hall–Kier alpha value is -0.120. The number of rotatable bonds is 4. The van der Waals surface area contributed by atoms with E-state index in [1.165, 1.54) is 0 Å². The lowest BCUT2D eigenvalue weighted by molar-refractivity contribution is 0.0831. The number of nitrogens with two attached hydrogens (primary N) is 1. The van der Waals surface area contributed by atoms with E-state index in [0.29, 0.717) is 12.6 Å². The number of hydrogen-bond acceptors (Lipinski definition) is 3. The van der Waals surface area contributed by atoms with E-state index in [2.05, 4.69) is 5.32 Å². The molecule has 0 saturated carbocycles. The first kappa shape index (κ1) is 8.88. The predicted octanol–water partition coefficient (Wildman–Crippen LogP) is -0.432. The molecule has 0 aliphatic heterocycles. The molecule has 0 saturated heterocycles. The number of hydrogen-bond donors (Lipinski definition) is 2. The van der Waals surface area contributed by atoms with Gasteiger partial charge in [-0.05, 0) is 14.0 Å². The summed E-state index contributed by atoms with van der Waals surface area (Å²) in [5.41, 5.74) is 5.39. The molecule has 0 aliphatic rings. The van der Waals surface area contributed by atoms with Crippen LogP contribution >= 0.6 is 0 Å². The Morgan fingerprint density at radius 1 is 1.67 bits per heavy atom. The maximum atomic E-state index is 5.39. The van der Waals surface area contributed by atoms with Gasteiger partial charge in [-0.15, -0.1) is 0 Å². The summed E-state index contributed by atoms with van der Waals surface area (Å²) in [5, 5.41) is 3.06. The summed E-state index contributed by atoms with van der Waals surface area (Å²) < 4.78 is 5.06. The fraction of sp³-hybridized carbons (Fsp3) is 1.00. The molecule has 2 unspecified atom stereocenters. The molecule has 3 heteroatoms. The van der Waals surface area contributed by atoms with Crippen LogP contribution in [-0.4, -0.2) is 32.8 Å². The molecule has 0 aromatic heterocycles. The lowest BCUT2D eigenvalue weighted by Gasteiger charge is -2.19. The number of nitrogens with one attached hydrogen (secondary N) is 1. The third-order valence-corrected chi connectivity index (χ3v) is 1.55. The summed E-state index contributed by atoms with van der Waals surface area (Å²) in [6.07, 6.45) is 0.134. The van der Waals surface area contributed by atoms with Crippen molar-refractivity contribution in [3.05, 3.63) is 0 Å². The largest absolute Gasteiger partial charge is 0.379 e. The summed E-state index contributed by atoms with van der Waals surface area (Å²) in [6.45, 7) is 2.61. The fourth-order valence-electron chi connectivity index (χ4n) is 0.690. The van der Waals surface area contributed by atoms with Gasteiger partial charge in [0.05, 0.1) is 6.10 Å². The normalized spacial score (nSPS) is 17.3. The fourth-order valence-corrected chi connectivity index (χ4v) is 0.690. The monoisotopic (exact) mass is 132 g/mol. The lowest BCUT2D eigenvalue weighted by atomic mass is 10.2. The molecule has 0 fully saturated rings. The van der Waals surface area contributed by atoms with Gasteiger partial charge >= 0.3 is 0 Å². The van der Waals surface area contributed by atoms with Gasteiger partial charge in [-0.3, -0.25) is 0 Å². The molecule has 3 N–H and O–H groups in total. The van der Waals surface area contributed by atoms with E-state index < -0.39 is 0 Å². The average Bonchev–Trinajstić information content (AvgIpc) is 1.90. The van der Waals surface area contributed by atoms with Crippen LogP contribution in [0.2, 0.25) is 0 Å². The van der Waals surface area contributed by atoms with Gasteiger partial charge in [0.15, 0.2) is 0 Å². The number of likely N-dealkylation sites (N-methyl/N-ethyl adjacent to an activating group) is 1. The molecule has 0 aromatic carbocycles. The van der Waals surface area contributed by atoms with E-state index in [9.17, 15) is 0 Å². The first-order valence-corrected chi connectivity index (χ1v) is 3.16. The van der Waals surface area contributed by atoms with Gasteiger partial charge in [0, 0.05) is 19.7 Å². The molecule has 0 radical (unpaired) electrons. The van der Waals surface area contributed by atoms with Gasteiger partial charge in [-0.25, -0.2) is 0 Å². The van der Waals surface area contributed by atoms with Crippen molar-refractivity contribution in [1.82, 2.24) is 5.32 Å². The maximum absolute atomic E-state index is 5.39. The van der Waals surface area contributed by atoms with Gasteiger partial charge in [0.1, 0.15) is 0 Å². The van der Waals surface area contributed by atoms with Crippen molar-refractivity contribution in [3.63, 3.8) is 0 Å². The minimum atomic E-state index is 0.134. The third-order valence-electron chi connectivity index (χ3n) is 1.55. The van der Waals surface area contributed by atoms with Crippen molar-refractivity contribution in [1.29, 1.82) is 0 Å². The van der Waals surface area contributed by atoms with Crippen LogP contribution < -0.4 is 11.1 Å². The molecular formula is C6H16N2O. The minimum Gasteiger partial charge on any atom is -0.379 e. The maximum Gasteiger partial charge on any atom is 0.0843 e. The highest BCUT2D eigenvalue weighted by Crippen LogP contribution is 1.93. The Morgan fingerprint density at radius 3 is 2.33 bits per heavy atom. The van der Waals surface area contributed by atoms with E-state index in [-0.39, 0.29) is 6.10 Å². The molecule has 0 bridgehead atoms. The van der Waals surface area contributed by atoms with E-state index in [1.807, 2.05) is 14.0 Å². The summed E-state index contributed by atoms with van der Waals surface area (Å²) in [5.74, 6) is 0. The van der Waals surface area contributed by atoms with Crippen molar-refractivity contribution < 1.29 is 4.74 Å². The molecule has 0 aromatic rings. The van der Waals surface area contributed by atoms with Crippen LogP contribution in [0.25, 0.3) is 0 Å². The van der Waals surface area contributed by atoms with Gasteiger partial charge in [-0.2, -0.15) is 0 Å². The second-order valence-corrected chi connectivity index (χ2v) is 2.09. The zero-order valence-electron chi connectivity index (χ0n) is 6.35. The van der Waals surface area contributed by atoms with Gasteiger partial charge in [-0.1, -0.05) is 0 Å². The molecular weight excluding hydrogens is 116 g/mol. The topological polar surface area (TPSA) is 47.3 Å². The van der Waals surface area contributed by atoms with Gasteiger partial charge in [0.25, 0.3) is 0 Å². The summed E-state index contributed by atoms with van der Waals surface area (Å²) in [7, 11) is 3.57.